The molecule has 0 bridgehead atoms. The van der Waals surface area contributed by atoms with Crippen LogP contribution in [0.4, 0.5) is 5.69 Å². The van der Waals surface area contributed by atoms with E-state index in [0.29, 0.717) is 15.8 Å². The third kappa shape index (κ3) is 2.06. The van der Waals surface area contributed by atoms with Gasteiger partial charge in [-0.15, -0.1) is 0 Å². The number of benzene rings is 3. The van der Waals surface area contributed by atoms with E-state index in [2.05, 4.69) is 47.4 Å². The van der Waals surface area contributed by atoms with Crippen molar-refractivity contribution in [1.82, 2.24) is 0 Å². The average molecular weight is 380 g/mol. The first-order valence-electron chi connectivity index (χ1n) is 8.40. The highest BCUT2D eigenvalue weighted by Crippen LogP contribution is 2.51. The van der Waals surface area contributed by atoms with Gasteiger partial charge in [0.2, 0.25) is 5.72 Å². The highest BCUT2D eigenvalue weighted by atomic mass is 35.5. The minimum atomic E-state index is -0.755. The van der Waals surface area contributed by atoms with Gasteiger partial charge in [0, 0.05) is 34.4 Å². The molecule has 2 heterocycles. The Morgan fingerprint density at radius 3 is 2.50 bits per heavy atom. The van der Waals surface area contributed by atoms with Crippen LogP contribution < -0.4 is 9.64 Å². The number of hydrogen-bond acceptors (Lipinski definition) is 2. The Labute approximate surface area is 162 Å². The van der Waals surface area contributed by atoms with Crippen molar-refractivity contribution in [2.45, 2.75) is 5.72 Å². The lowest BCUT2D eigenvalue weighted by Gasteiger charge is -2.47. The van der Waals surface area contributed by atoms with Crippen LogP contribution in [0.2, 0.25) is 10.0 Å². The molecule has 26 heavy (non-hydrogen) atoms. The van der Waals surface area contributed by atoms with E-state index in [1.165, 1.54) is 11.1 Å². The number of rotatable bonds is 0. The fourth-order valence-electron chi connectivity index (χ4n) is 3.91. The zero-order valence-corrected chi connectivity index (χ0v) is 15.6. The minimum Gasteiger partial charge on any atom is -0.458 e. The number of halogens is 2. The van der Waals surface area contributed by atoms with E-state index in [9.17, 15) is 0 Å². The lowest BCUT2D eigenvalue weighted by molar-refractivity contribution is 0.116. The molecular formula is C22H15Cl2NO. The standard InChI is InChI=1S/C22H15Cl2NO/c1-25-20-9-5-3-7-17(20)16-6-2-4-8-18(16)22(25)11-10-14-12-15(23)13-19(24)21(14)26-22/h2-13H,1H3. The van der Waals surface area contributed by atoms with Gasteiger partial charge in [-0.1, -0.05) is 65.7 Å². The summed E-state index contributed by atoms with van der Waals surface area (Å²) in [6, 6.07) is 20.3. The maximum atomic E-state index is 6.59. The van der Waals surface area contributed by atoms with Gasteiger partial charge in [0.15, 0.2) is 0 Å². The van der Waals surface area contributed by atoms with Crippen LogP contribution in [-0.2, 0) is 5.72 Å². The summed E-state index contributed by atoms with van der Waals surface area (Å²) >= 11 is 12.6. The summed E-state index contributed by atoms with van der Waals surface area (Å²) in [4.78, 5) is 2.16. The lowest BCUT2D eigenvalue weighted by atomic mass is 9.84. The van der Waals surface area contributed by atoms with Crippen molar-refractivity contribution in [3.63, 3.8) is 0 Å². The fraction of sp³-hybridized carbons (Fsp3) is 0.0909. The first-order chi connectivity index (χ1) is 12.6. The monoisotopic (exact) mass is 379 g/mol. The highest BCUT2D eigenvalue weighted by molar-refractivity contribution is 6.36. The molecule has 0 aromatic heterocycles. The van der Waals surface area contributed by atoms with Gasteiger partial charge in [-0.05, 0) is 35.9 Å². The van der Waals surface area contributed by atoms with E-state index in [0.717, 1.165) is 16.8 Å². The molecule has 3 aromatic rings. The molecule has 0 fully saturated rings. The molecule has 0 saturated heterocycles. The summed E-state index contributed by atoms with van der Waals surface area (Å²) in [7, 11) is 2.05. The third-order valence-corrected chi connectivity index (χ3v) is 5.65. The molecule has 128 valence electrons. The van der Waals surface area contributed by atoms with E-state index in [1.807, 2.05) is 31.3 Å². The van der Waals surface area contributed by atoms with E-state index in [4.69, 9.17) is 27.9 Å². The van der Waals surface area contributed by atoms with Gasteiger partial charge in [-0.2, -0.15) is 0 Å². The molecule has 1 unspecified atom stereocenters. The van der Waals surface area contributed by atoms with Crippen LogP contribution in [0, 0.1) is 0 Å². The molecule has 0 aliphatic carbocycles. The van der Waals surface area contributed by atoms with Gasteiger partial charge >= 0.3 is 0 Å². The van der Waals surface area contributed by atoms with E-state index >= 15 is 0 Å². The van der Waals surface area contributed by atoms with Gasteiger partial charge in [-0.25, -0.2) is 0 Å². The molecule has 2 aliphatic rings. The number of fused-ring (bicyclic) bond motifs is 5. The zero-order valence-electron chi connectivity index (χ0n) is 14.0. The molecule has 2 nitrogen and oxygen atoms in total. The Kier molecular flexibility index (Phi) is 3.37. The van der Waals surface area contributed by atoms with Crippen molar-refractivity contribution < 1.29 is 4.74 Å². The predicted molar refractivity (Wildman–Crippen MR) is 108 cm³/mol. The van der Waals surface area contributed by atoms with Crippen molar-refractivity contribution in [3.8, 4) is 16.9 Å². The number of ether oxygens (including phenoxy) is 1. The van der Waals surface area contributed by atoms with Crippen molar-refractivity contribution in [1.29, 1.82) is 0 Å². The molecule has 1 spiro atoms. The van der Waals surface area contributed by atoms with Gasteiger partial charge in [0.1, 0.15) is 5.75 Å². The quantitative estimate of drug-likeness (QED) is 0.449. The molecule has 0 N–H and O–H groups in total. The first kappa shape index (κ1) is 15.8. The summed E-state index contributed by atoms with van der Waals surface area (Å²) in [6.07, 6.45) is 4.12. The number of para-hydroxylation sites is 1. The van der Waals surface area contributed by atoms with Crippen LogP contribution in [0.5, 0.6) is 5.75 Å². The van der Waals surface area contributed by atoms with Gasteiger partial charge in [0.25, 0.3) is 0 Å². The average Bonchev–Trinajstić information content (AvgIpc) is 2.67. The Morgan fingerprint density at radius 2 is 1.65 bits per heavy atom. The van der Waals surface area contributed by atoms with Crippen LogP contribution in [0.1, 0.15) is 11.1 Å². The number of likely N-dealkylation sites (N-methyl/N-ethyl adjacent to an activating group) is 1. The van der Waals surface area contributed by atoms with Crippen LogP contribution in [0.25, 0.3) is 17.2 Å². The number of nitrogens with zero attached hydrogens (tertiary/aromatic N) is 1. The number of anilines is 1. The van der Waals surface area contributed by atoms with Crippen LogP contribution in [0.15, 0.2) is 66.7 Å². The van der Waals surface area contributed by atoms with Crippen LogP contribution in [0.3, 0.4) is 0 Å². The molecule has 0 radical (unpaired) electrons. The smallest absolute Gasteiger partial charge is 0.229 e. The fourth-order valence-corrected chi connectivity index (χ4v) is 4.46. The van der Waals surface area contributed by atoms with Crippen molar-refractivity contribution in [2.75, 3.05) is 11.9 Å². The summed E-state index contributed by atoms with van der Waals surface area (Å²) in [5.74, 6) is 0.652. The van der Waals surface area contributed by atoms with Crippen molar-refractivity contribution in [2.24, 2.45) is 0 Å². The van der Waals surface area contributed by atoms with Gasteiger partial charge in [-0.3, -0.25) is 0 Å². The zero-order chi connectivity index (χ0) is 17.9. The summed E-state index contributed by atoms with van der Waals surface area (Å²) < 4.78 is 6.59. The summed E-state index contributed by atoms with van der Waals surface area (Å²) in [5.41, 5.74) is 4.70. The Bertz CT molecular complexity index is 1080. The van der Waals surface area contributed by atoms with Crippen molar-refractivity contribution >= 4 is 35.0 Å². The molecule has 0 amide bonds. The number of hydrogen-bond donors (Lipinski definition) is 0. The minimum absolute atomic E-state index is 0.515. The maximum absolute atomic E-state index is 6.59. The molecule has 4 heteroatoms. The normalized spacial score (nSPS) is 19.6. The molecule has 0 saturated carbocycles. The second kappa shape index (κ2) is 5.54. The van der Waals surface area contributed by atoms with Crippen LogP contribution in [-0.4, -0.2) is 7.05 Å². The molecule has 1 atom stereocenters. The highest BCUT2D eigenvalue weighted by Gasteiger charge is 2.45. The van der Waals surface area contributed by atoms with E-state index in [1.54, 1.807) is 6.07 Å². The van der Waals surface area contributed by atoms with Gasteiger partial charge in [0.05, 0.1) is 5.02 Å². The topological polar surface area (TPSA) is 12.5 Å². The lowest BCUT2D eigenvalue weighted by Crippen LogP contribution is -2.50. The third-order valence-electron chi connectivity index (χ3n) is 5.15. The van der Waals surface area contributed by atoms with Crippen molar-refractivity contribution in [3.05, 3.63) is 87.9 Å². The Morgan fingerprint density at radius 1 is 0.923 bits per heavy atom. The Balaban J connectivity index is 1.78. The maximum Gasteiger partial charge on any atom is 0.229 e. The second-order valence-corrected chi connectivity index (χ2v) is 7.40. The molecular weight excluding hydrogens is 365 g/mol. The second-order valence-electron chi connectivity index (χ2n) is 6.56. The predicted octanol–water partition coefficient (Wildman–Crippen LogP) is 6.37. The molecule has 5 rings (SSSR count). The van der Waals surface area contributed by atoms with E-state index in [-0.39, 0.29) is 0 Å². The summed E-state index contributed by atoms with van der Waals surface area (Å²) in [6.45, 7) is 0. The largest absolute Gasteiger partial charge is 0.458 e. The van der Waals surface area contributed by atoms with Crippen LogP contribution >= 0.6 is 23.2 Å². The SMILES string of the molecule is CN1c2ccccc2-c2ccccc2C12C=Cc1cc(Cl)cc(Cl)c1O2. The molecule has 2 aliphatic heterocycles. The molecule has 3 aromatic carbocycles. The van der Waals surface area contributed by atoms with E-state index < -0.39 is 5.72 Å². The van der Waals surface area contributed by atoms with Gasteiger partial charge < -0.3 is 9.64 Å². The Hall–Kier alpha value is -2.42. The summed E-state index contributed by atoms with van der Waals surface area (Å²) in [5, 5.41) is 1.11. The first-order valence-corrected chi connectivity index (χ1v) is 9.16.